The van der Waals surface area contributed by atoms with Crippen molar-refractivity contribution in [2.24, 2.45) is 0 Å². The van der Waals surface area contributed by atoms with Crippen molar-refractivity contribution in [3.63, 3.8) is 0 Å². The summed E-state index contributed by atoms with van der Waals surface area (Å²) in [6.07, 6.45) is 3.47. The van der Waals surface area contributed by atoms with Gasteiger partial charge in [0.25, 0.3) is 5.69 Å². The summed E-state index contributed by atoms with van der Waals surface area (Å²) in [7, 11) is 1.24. The molecule has 1 aliphatic heterocycles. The first-order valence-electron chi connectivity index (χ1n) is 7.97. The summed E-state index contributed by atoms with van der Waals surface area (Å²) in [5, 5.41) is 13.8. The van der Waals surface area contributed by atoms with Gasteiger partial charge in [0.05, 0.1) is 23.7 Å². The van der Waals surface area contributed by atoms with Crippen molar-refractivity contribution in [1.29, 1.82) is 0 Å². The van der Waals surface area contributed by atoms with Gasteiger partial charge in [0.1, 0.15) is 5.54 Å². The van der Waals surface area contributed by atoms with E-state index in [4.69, 9.17) is 14.2 Å². The van der Waals surface area contributed by atoms with Crippen molar-refractivity contribution < 1.29 is 28.7 Å². The molecule has 0 saturated heterocycles. The highest BCUT2D eigenvalue weighted by Crippen LogP contribution is 2.38. The maximum Gasteiger partial charge on any atom is 0.331 e. The molecule has 0 spiro atoms. The first-order valence-corrected chi connectivity index (χ1v) is 7.97. The molecule has 1 unspecified atom stereocenters. The molecule has 1 aromatic rings. The van der Waals surface area contributed by atoms with Crippen LogP contribution in [0.4, 0.5) is 5.69 Å². The third kappa shape index (κ3) is 4.11. The van der Waals surface area contributed by atoms with E-state index < -0.39 is 22.3 Å². The predicted octanol–water partition coefficient (Wildman–Crippen LogP) is 2.18. The number of amides is 1. The van der Waals surface area contributed by atoms with E-state index in [1.54, 1.807) is 6.92 Å². The number of hydrogen-bond donors (Lipinski definition) is 1. The van der Waals surface area contributed by atoms with E-state index in [2.05, 4.69) is 5.32 Å². The fraction of sp³-hybridized carbons (Fsp3) is 0.412. The Balaban J connectivity index is 2.22. The highest BCUT2D eigenvalue weighted by atomic mass is 16.7. The zero-order chi connectivity index (χ0) is 19.3. The van der Waals surface area contributed by atoms with Crippen LogP contribution < -0.4 is 14.8 Å². The molecule has 9 heteroatoms. The maximum absolute atomic E-state index is 12.2. The molecule has 9 nitrogen and oxygen atoms in total. The Bertz CT molecular complexity index is 760. The number of ether oxygens (including phenoxy) is 3. The van der Waals surface area contributed by atoms with Crippen LogP contribution in [0.1, 0.15) is 32.3 Å². The molecule has 1 aromatic carbocycles. The number of benzene rings is 1. The molecular weight excluding hydrogens is 344 g/mol. The molecule has 26 heavy (non-hydrogen) atoms. The van der Waals surface area contributed by atoms with Crippen LogP contribution in [0.2, 0.25) is 0 Å². The minimum absolute atomic E-state index is 0.0192. The average molecular weight is 364 g/mol. The van der Waals surface area contributed by atoms with Gasteiger partial charge in [0, 0.05) is 6.08 Å². The van der Waals surface area contributed by atoms with Gasteiger partial charge in [0.2, 0.25) is 12.7 Å². The molecule has 0 radical (unpaired) electrons. The predicted molar refractivity (Wildman–Crippen MR) is 91.7 cm³/mol. The lowest BCUT2D eigenvalue weighted by Crippen LogP contribution is -2.52. The van der Waals surface area contributed by atoms with E-state index in [-0.39, 0.29) is 23.8 Å². The van der Waals surface area contributed by atoms with Gasteiger partial charge < -0.3 is 19.5 Å². The minimum Gasteiger partial charge on any atom is -0.467 e. The second-order valence-electron chi connectivity index (χ2n) is 5.92. The highest BCUT2D eigenvalue weighted by molar-refractivity contribution is 5.96. The zero-order valence-electron chi connectivity index (χ0n) is 14.7. The van der Waals surface area contributed by atoms with Crippen molar-refractivity contribution in [1.82, 2.24) is 5.32 Å². The lowest BCUT2D eigenvalue weighted by Gasteiger charge is -2.26. The molecule has 2 rings (SSSR count). The van der Waals surface area contributed by atoms with Crippen LogP contribution in [0.5, 0.6) is 11.5 Å². The van der Waals surface area contributed by atoms with Crippen LogP contribution in [0.15, 0.2) is 18.2 Å². The number of nitro groups is 1. The van der Waals surface area contributed by atoms with Crippen LogP contribution in [0.3, 0.4) is 0 Å². The maximum atomic E-state index is 12.2. The highest BCUT2D eigenvalue weighted by Gasteiger charge is 2.34. The van der Waals surface area contributed by atoms with E-state index in [1.807, 2.05) is 6.92 Å². The number of carbonyl (C=O) groups excluding carboxylic acids is 2. The first-order chi connectivity index (χ1) is 12.3. The fourth-order valence-electron chi connectivity index (χ4n) is 2.66. The summed E-state index contributed by atoms with van der Waals surface area (Å²) in [5.41, 5.74) is -1.21. The first kappa shape index (κ1) is 19.2. The topological polar surface area (TPSA) is 117 Å². The Morgan fingerprint density at radius 1 is 1.38 bits per heavy atom. The fourth-order valence-corrected chi connectivity index (χ4v) is 2.66. The van der Waals surface area contributed by atoms with Crippen molar-refractivity contribution in [2.75, 3.05) is 13.9 Å². The van der Waals surface area contributed by atoms with Gasteiger partial charge in [-0.25, -0.2) is 4.79 Å². The molecule has 1 heterocycles. The Morgan fingerprint density at radius 2 is 2.04 bits per heavy atom. The van der Waals surface area contributed by atoms with Gasteiger partial charge >= 0.3 is 5.97 Å². The summed E-state index contributed by atoms with van der Waals surface area (Å²) >= 11 is 0. The number of rotatable bonds is 7. The molecule has 140 valence electrons. The molecule has 0 saturated carbocycles. The quantitative estimate of drug-likeness (QED) is 0.341. The normalized spacial score (nSPS) is 14.7. The minimum atomic E-state index is -1.17. The molecule has 1 N–H and O–H groups in total. The van der Waals surface area contributed by atoms with Crippen LogP contribution in [-0.2, 0) is 14.3 Å². The van der Waals surface area contributed by atoms with E-state index in [9.17, 15) is 19.7 Å². The number of esters is 1. The largest absolute Gasteiger partial charge is 0.467 e. The molecule has 0 aliphatic carbocycles. The molecular formula is C17H20N2O7. The molecule has 1 aliphatic rings. The van der Waals surface area contributed by atoms with Crippen molar-refractivity contribution in [3.8, 4) is 11.5 Å². The third-order valence-electron chi connectivity index (χ3n) is 3.92. The third-order valence-corrected chi connectivity index (χ3v) is 3.92. The van der Waals surface area contributed by atoms with Gasteiger partial charge in [-0.3, -0.25) is 14.9 Å². The number of fused-ring (bicyclic) bond motifs is 1. The number of carbonyl (C=O) groups is 2. The van der Waals surface area contributed by atoms with Crippen LogP contribution in [-0.4, -0.2) is 36.2 Å². The van der Waals surface area contributed by atoms with E-state index in [1.165, 1.54) is 25.3 Å². The number of methoxy groups -OCH3 is 1. The SMILES string of the molecule is CCCC(C)(NC(=O)C=Cc1cc2c(cc1[N+](=O)[O-])OCO2)C(=O)OC. The van der Waals surface area contributed by atoms with E-state index in [0.29, 0.717) is 18.6 Å². The van der Waals surface area contributed by atoms with E-state index in [0.717, 1.165) is 6.08 Å². The van der Waals surface area contributed by atoms with Crippen LogP contribution >= 0.6 is 0 Å². The Labute approximate surface area is 150 Å². The molecule has 1 amide bonds. The number of nitro benzene ring substituents is 1. The second-order valence-corrected chi connectivity index (χ2v) is 5.92. The van der Waals surface area contributed by atoms with E-state index >= 15 is 0 Å². The Hall–Kier alpha value is -3.10. The van der Waals surface area contributed by atoms with Crippen LogP contribution in [0.25, 0.3) is 6.08 Å². The average Bonchev–Trinajstić information content (AvgIpc) is 3.05. The molecule has 1 atom stereocenters. The molecule has 0 aromatic heterocycles. The van der Waals surface area contributed by atoms with Gasteiger partial charge in [-0.05, 0) is 25.5 Å². The van der Waals surface area contributed by atoms with Gasteiger partial charge in [-0.1, -0.05) is 13.3 Å². The van der Waals surface area contributed by atoms with Gasteiger partial charge in [-0.15, -0.1) is 0 Å². The Kier molecular flexibility index (Phi) is 5.81. The van der Waals surface area contributed by atoms with Gasteiger partial charge in [-0.2, -0.15) is 0 Å². The lowest BCUT2D eigenvalue weighted by molar-refractivity contribution is -0.385. The molecule has 0 bridgehead atoms. The zero-order valence-corrected chi connectivity index (χ0v) is 14.7. The van der Waals surface area contributed by atoms with Crippen molar-refractivity contribution in [2.45, 2.75) is 32.2 Å². The summed E-state index contributed by atoms with van der Waals surface area (Å²) in [5.74, 6) is -0.492. The van der Waals surface area contributed by atoms with Crippen LogP contribution in [0, 0.1) is 10.1 Å². The monoisotopic (exact) mass is 364 g/mol. The Morgan fingerprint density at radius 3 is 2.62 bits per heavy atom. The number of hydrogen-bond acceptors (Lipinski definition) is 7. The lowest BCUT2D eigenvalue weighted by atomic mass is 9.96. The number of nitrogens with zero attached hydrogens (tertiary/aromatic N) is 1. The summed E-state index contributed by atoms with van der Waals surface area (Å²) < 4.78 is 15.1. The molecule has 0 fully saturated rings. The van der Waals surface area contributed by atoms with Gasteiger partial charge in [0.15, 0.2) is 11.5 Å². The van der Waals surface area contributed by atoms with Crippen molar-refractivity contribution >= 4 is 23.6 Å². The smallest absolute Gasteiger partial charge is 0.331 e. The standard InChI is InChI=1S/C17H20N2O7/c1-4-7-17(2,16(21)24-3)18-15(20)6-5-11-8-13-14(26-10-25-13)9-12(11)19(22)23/h5-6,8-9H,4,7,10H2,1-3H3,(H,18,20). The summed E-state index contributed by atoms with van der Waals surface area (Å²) in [4.78, 5) is 34.8. The summed E-state index contributed by atoms with van der Waals surface area (Å²) in [6, 6.07) is 2.67. The number of nitrogens with one attached hydrogen (secondary N) is 1. The second kappa shape index (κ2) is 7.85. The summed E-state index contributed by atoms with van der Waals surface area (Å²) in [6.45, 7) is 3.42. The van der Waals surface area contributed by atoms with Crippen molar-refractivity contribution in [3.05, 3.63) is 33.9 Å².